The molecule has 0 amide bonds. The first-order chi connectivity index (χ1) is 7.19. The third kappa shape index (κ3) is 2.11. The second-order valence-electron chi connectivity index (χ2n) is 3.02. The highest BCUT2D eigenvalue weighted by Crippen LogP contribution is 2.46. The van der Waals surface area contributed by atoms with Crippen LogP contribution in [-0.4, -0.2) is 12.6 Å². The molecular formula is C9H5ClF6. The molecule has 1 atom stereocenters. The van der Waals surface area contributed by atoms with Crippen molar-refractivity contribution in [2.45, 2.75) is 18.3 Å². The zero-order valence-electron chi connectivity index (χ0n) is 7.53. The third-order valence-corrected chi connectivity index (χ3v) is 2.23. The van der Waals surface area contributed by atoms with Crippen LogP contribution >= 0.6 is 11.6 Å². The molecule has 7 heteroatoms. The van der Waals surface area contributed by atoms with Gasteiger partial charge in [-0.05, 0) is 12.1 Å². The molecule has 0 fully saturated rings. The molecule has 0 aliphatic carbocycles. The lowest BCUT2D eigenvalue weighted by atomic mass is 9.95. The van der Waals surface area contributed by atoms with Gasteiger partial charge in [-0.3, -0.25) is 0 Å². The Labute approximate surface area is 91.8 Å². The lowest BCUT2D eigenvalue weighted by Crippen LogP contribution is -2.44. The van der Waals surface area contributed by atoms with Gasteiger partial charge in [-0.2, -0.15) is 13.2 Å². The monoisotopic (exact) mass is 262 g/mol. The molecule has 90 valence electrons. The van der Waals surface area contributed by atoms with Gasteiger partial charge in [-0.15, -0.1) is 0 Å². The van der Waals surface area contributed by atoms with Crippen LogP contribution in [0.4, 0.5) is 26.3 Å². The van der Waals surface area contributed by atoms with Crippen LogP contribution in [0, 0.1) is 0 Å². The maximum atomic E-state index is 13.4. The first kappa shape index (κ1) is 13.2. The number of hydrogen-bond acceptors (Lipinski definition) is 0. The molecule has 0 aromatic heterocycles. The van der Waals surface area contributed by atoms with E-state index >= 15 is 0 Å². The summed E-state index contributed by atoms with van der Waals surface area (Å²) in [5.41, 5.74) is -5.84. The molecule has 1 unspecified atom stereocenters. The Hall–Kier alpha value is -0.910. The van der Waals surface area contributed by atoms with Crippen molar-refractivity contribution in [1.82, 2.24) is 0 Å². The van der Waals surface area contributed by atoms with E-state index in [9.17, 15) is 26.3 Å². The van der Waals surface area contributed by atoms with Crippen LogP contribution in [0.5, 0.6) is 0 Å². The molecule has 0 aliphatic heterocycles. The van der Waals surface area contributed by atoms with Crippen molar-refractivity contribution in [3.8, 4) is 0 Å². The van der Waals surface area contributed by atoms with Crippen molar-refractivity contribution >= 4 is 11.6 Å². The first-order valence-corrected chi connectivity index (χ1v) is 4.37. The Bertz CT molecular complexity index is 357. The van der Waals surface area contributed by atoms with Crippen LogP contribution in [-0.2, 0) is 5.67 Å². The van der Waals surface area contributed by atoms with Gasteiger partial charge in [0, 0.05) is 10.6 Å². The van der Waals surface area contributed by atoms with Gasteiger partial charge >= 0.3 is 6.18 Å². The van der Waals surface area contributed by atoms with Crippen molar-refractivity contribution in [3.63, 3.8) is 0 Å². The van der Waals surface area contributed by atoms with Crippen molar-refractivity contribution in [2.75, 3.05) is 0 Å². The van der Waals surface area contributed by atoms with Crippen molar-refractivity contribution in [1.29, 1.82) is 0 Å². The largest absolute Gasteiger partial charge is 0.432 e. The topological polar surface area (TPSA) is 0 Å². The van der Waals surface area contributed by atoms with Crippen LogP contribution in [0.2, 0.25) is 5.02 Å². The van der Waals surface area contributed by atoms with Gasteiger partial charge in [0.15, 0.2) is 0 Å². The predicted molar refractivity (Wildman–Crippen MR) is 46.3 cm³/mol. The molecule has 0 N–H and O–H groups in total. The van der Waals surface area contributed by atoms with Gasteiger partial charge in [0.1, 0.15) is 0 Å². The molecule has 0 saturated carbocycles. The highest BCUT2D eigenvalue weighted by atomic mass is 35.5. The SMILES string of the molecule is FC(F)C(F)(c1ccc(Cl)cc1)C(F)(F)F. The quantitative estimate of drug-likeness (QED) is 0.696. The molecule has 0 saturated heterocycles. The molecule has 0 spiro atoms. The van der Waals surface area contributed by atoms with Crippen LogP contribution < -0.4 is 0 Å². The normalized spacial score (nSPS) is 16.2. The minimum absolute atomic E-state index is 0.0301. The summed E-state index contributed by atoms with van der Waals surface area (Å²) in [5, 5.41) is 0.0301. The number of rotatable bonds is 2. The van der Waals surface area contributed by atoms with Crippen molar-refractivity contribution < 1.29 is 26.3 Å². The molecule has 0 nitrogen and oxygen atoms in total. The second-order valence-corrected chi connectivity index (χ2v) is 3.45. The Morgan fingerprint density at radius 1 is 0.938 bits per heavy atom. The summed E-state index contributed by atoms with van der Waals surface area (Å²) in [7, 11) is 0. The van der Waals surface area contributed by atoms with Gasteiger partial charge in [0.05, 0.1) is 0 Å². The summed E-state index contributed by atoms with van der Waals surface area (Å²) in [4.78, 5) is 0. The number of alkyl halides is 6. The van der Waals surface area contributed by atoms with E-state index in [4.69, 9.17) is 11.6 Å². The van der Waals surface area contributed by atoms with E-state index < -0.39 is 23.8 Å². The molecule has 1 rings (SSSR count). The summed E-state index contributed by atoms with van der Waals surface area (Å²) in [6.45, 7) is 0. The molecule has 0 aliphatic rings. The highest BCUT2D eigenvalue weighted by Gasteiger charge is 2.63. The van der Waals surface area contributed by atoms with Gasteiger partial charge < -0.3 is 0 Å². The summed E-state index contributed by atoms with van der Waals surface area (Å²) >= 11 is 5.36. The zero-order valence-corrected chi connectivity index (χ0v) is 8.29. The van der Waals surface area contributed by atoms with Gasteiger partial charge in [0.2, 0.25) is 0 Å². The second kappa shape index (κ2) is 4.16. The van der Waals surface area contributed by atoms with Crippen LogP contribution in [0.15, 0.2) is 24.3 Å². The molecule has 0 radical (unpaired) electrons. The van der Waals surface area contributed by atoms with Gasteiger partial charge in [0.25, 0.3) is 12.1 Å². The maximum absolute atomic E-state index is 13.4. The van der Waals surface area contributed by atoms with Crippen LogP contribution in [0.25, 0.3) is 0 Å². The third-order valence-electron chi connectivity index (χ3n) is 1.98. The molecule has 0 bridgehead atoms. The number of hydrogen-bond donors (Lipinski definition) is 0. The van der Waals surface area contributed by atoms with Crippen LogP contribution in [0.3, 0.4) is 0 Å². The van der Waals surface area contributed by atoms with E-state index in [2.05, 4.69) is 0 Å². The lowest BCUT2D eigenvalue weighted by molar-refractivity contribution is -0.274. The first-order valence-electron chi connectivity index (χ1n) is 3.99. The van der Waals surface area contributed by atoms with E-state index in [1.807, 2.05) is 0 Å². The summed E-state index contributed by atoms with van der Waals surface area (Å²) in [5.74, 6) is 0. The van der Waals surface area contributed by atoms with E-state index in [1.54, 1.807) is 0 Å². The Morgan fingerprint density at radius 2 is 1.38 bits per heavy atom. The maximum Gasteiger partial charge on any atom is 0.432 e. The fraction of sp³-hybridized carbons (Fsp3) is 0.333. The average Bonchev–Trinajstić information content (AvgIpc) is 2.15. The number of halogens is 7. The Balaban J connectivity index is 3.28. The van der Waals surface area contributed by atoms with Crippen molar-refractivity contribution in [2.24, 2.45) is 0 Å². The fourth-order valence-corrected chi connectivity index (χ4v) is 1.23. The standard InChI is InChI=1S/C9H5ClF6/c10-6-3-1-5(2-4-6)8(13,7(11)12)9(14,15)16/h1-4,7H. The number of benzene rings is 1. The van der Waals surface area contributed by atoms with Crippen molar-refractivity contribution in [3.05, 3.63) is 34.9 Å². The molecule has 1 aromatic carbocycles. The molecule has 1 aromatic rings. The van der Waals surface area contributed by atoms with Gasteiger partial charge in [-0.25, -0.2) is 13.2 Å². The summed E-state index contributed by atoms with van der Waals surface area (Å²) in [6, 6.07) is 3.00. The zero-order chi connectivity index (χ0) is 12.6. The van der Waals surface area contributed by atoms with Crippen LogP contribution in [0.1, 0.15) is 5.56 Å². The average molecular weight is 263 g/mol. The van der Waals surface area contributed by atoms with E-state index in [1.165, 1.54) is 0 Å². The highest BCUT2D eigenvalue weighted by molar-refractivity contribution is 6.30. The van der Waals surface area contributed by atoms with E-state index in [-0.39, 0.29) is 5.02 Å². The lowest BCUT2D eigenvalue weighted by Gasteiger charge is -2.27. The smallest absolute Gasteiger partial charge is 0.222 e. The predicted octanol–water partition coefficient (Wildman–Crippen LogP) is 4.33. The minimum Gasteiger partial charge on any atom is -0.222 e. The van der Waals surface area contributed by atoms with E-state index in [0.29, 0.717) is 12.1 Å². The minimum atomic E-state index is -5.69. The van der Waals surface area contributed by atoms with E-state index in [0.717, 1.165) is 12.1 Å². The fourth-order valence-electron chi connectivity index (χ4n) is 1.11. The molecular weight excluding hydrogens is 258 g/mol. The summed E-state index contributed by atoms with van der Waals surface area (Å²) < 4.78 is 74.6. The Morgan fingerprint density at radius 3 is 1.69 bits per heavy atom. The summed E-state index contributed by atoms with van der Waals surface area (Å²) in [6.07, 6.45) is -9.89. The molecule has 16 heavy (non-hydrogen) atoms. The Kier molecular flexibility index (Phi) is 3.42. The van der Waals surface area contributed by atoms with Gasteiger partial charge in [-0.1, -0.05) is 23.7 Å². The molecule has 0 heterocycles.